The summed E-state index contributed by atoms with van der Waals surface area (Å²) in [6.07, 6.45) is 1.48. The third-order valence-electron chi connectivity index (χ3n) is 4.63. The molecule has 1 aromatic heterocycles. The maximum atomic E-state index is 12.6. The average molecular weight is 413 g/mol. The summed E-state index contributed by atoms with van der Waals surface area (Å²) in [5.41, 5.74) is 3.37. The molecule has 0 saturated carbocycles. The lowest BCUT2D eigenvalue weighted by atomic mass is 10.1. The molecule has 0 aliphatic heterocycles. The van der Waals surface area contributed by atoms with Gasteiger partial charge in [0.2, 0.25) is 0 Å². The predicted molar refractivity (Wildman–Crippen MR) is 113 cm³/mol. The lowest BCUT2D eigenvalue weighted by Gasteiger charge is -2.09. The van der Waals surface area contributed by atoms with E-state index in [9.17, 15) is 9.59 Å². The number of tetrazole rings is 1. The molecule has 0 fully saturated rings. The zero-order valence-electron chi connectivity index (χ0n) is 16.7. The Bertz CT molecular complexity index is 1210. The minimum absolute atomic E-state index is 0.247. The summed E-state index contributed by atoms with van der Waals surface area (Å²) in [6, 6.07) is 21.2. The highest BCUT2D eigenvalue weighted by Crippen LogP contribution is 2.18. The van der Waals surface area contributed by atoms with Crippen molar-refractivity contribution in [1.29, 1.82) is 0 Å². The molecule has 8 nitrogen and oxygen atoms in total. The zero-order chi connectivity index (χ0) is 21.6. The predicted octanol–water partition coefficient (Wildman–Crippen LogP) is 3.12. The lowest BCUT2D eigenvalue weighted by molar-refractivity contribution is 0.0733. The van der Waals surface area contributed by atoms with E-state index in [-0.39, 0.29) is 5.91 Å². The molecule has 4 rings (SSSR count). The molecule has 1 amide bonds. The first-order valence-corrected chi connectivity index (χ1v) is 9.58. The molecule has 0 spiro atoms. The topological polar surface area (TPSA) is 99.0 Å². The molecule has 0 atom stereocenters. The smallest absolute Gasteiger partial charge is 0.343 e. The van der Waals surface area contributed by atoms with E-state index >= 15 is 0 Å². The molecule has 0 bridgehead atoms. The van der Waals surface area contributed by atoms with Crippen molar-refractivity contribution in [3.8, 4) is 11.4 Å². The molecule has 0 aliphatic rings. The Kier molecular flexibility index (Phi) is 5.79. The van der Waals surface area contributed by atoms with Crippen molar-refractivity contribution in [3.05, 3.63) is 101 Å². The van der Waals surface area contributed by atoms with Gasteiger partial charge in [-0.05, 0) is 64.9 Å². The molecule has 0 radical (unpaired) electrons. The second-order valence-corrected chi connectivity index (χ2v) is 6.84. The lowest BCUT2D eigenvalue weighted by Crippen LogP contribution is -2.22. The number of aryl methyl sites for hydroxylation is 1. The summed E-state index contributed by atoms with van der Waals surface area (Å²) in [6.45, 7) is 2.27. The van der Waals surface area contributed by atoms with E-state index < -0.39 is 5.97 Å². The van der Waals surface area contributed by atoms with E-state index in [1.54, 1.807) is 42.5 Å². The number of ether oxygens (including phenoxy) is 1. The number of nitrogens with one attached hydrogen (secondary N) is 1. The molecular formula is C23H19N5O3. The van der Waals surface area contributed by atoms with E-state index in [1.165, 1.54) is 11.0 Å². The van der Waals surface area contributed by atoms with Gasteiger partial charge in [-0.3, -0.25) is 4.79 Å². The van der Waals surface area contributed by atoms with Gasteiger partial charge in [0.1, 0.15) is 12.1 Å². The van der Waals surface area contributed by atoms with Crippen molar-refractivity contribution in [2.45, 2.75) is 13.5 Å². The Hall–Kier alpha value is -4.33. The molecule has 8 heteroatoms. The third-order valence-corrected chi connectivity index (χ3v) is 4.63. The van der Waals surface area contributed by atoms with Crippen molar-refractivity contribution in [1.82, 2.24) is 25.5 Å². The van der Waals surface area contributed by atoms with E-state index in [2.05, 4.69) is 20.8 Å². The van der Waals surface area contributed by atoms with Gasteiger partial charge in [-0.1, -0.05) is 36.4 Å². The number of hydrogen-bond donors (Lipinski definition) is 1. The van der Waals surface area contributed by atoms with Gasteiger partial charge in [-0.25, -0.2) is 9.48 Å². The summed E-state index contributed by atoms with van der Waals surface area (Å²) in [7, 11) is 0. The Morgan fingerprint density at radius 2 is 1.81 bits per heavy atom. The van der Waals surface area contributed by atoms with Crippen LogP contribution in [0.4, 0.5) is 0 Å². The zero-order valence-corrected chi connectivity index (χ0v) is 16.7. The molecule has 3 aromatic carbocycles. The van der Waals surface area contributed by atoms with E-state index in [0.717, 1.165) is 16.8 Å². The van der Waals surface area contributed by atoms with E-state index in [1.807, 2.05) is 37.3 Å². The number of amides is 1. The molecule has 4 aromatic rings. The van der Waals surface area contributed by atoms with Crippen LogP contribution in [-0.2, 0) is 6.54 Å². The number of carbonyl (C=O) groups is 2. The SMILES string of the molecule is Cc1cc(C(=O)Oc2cccc(C(=O)NCc3ccccc3)c2)ccc1-n1cnnn1. The molecule has 0 saturated heterocycles. The minimum Gasteiger partial charge on any atom is -0.423 e. The van der Waals surface area contributed by atoms with Crippen LogP contribution in [0.15, 0.2) is 79.1 Å². The summed E-state index contributed by atoms with van der Waals surface area (Å²) < 4.78 is 6.99. The van der Waals surface area contributed by atoms with Gasteiger partial charge in [-0.2, -0.15) is 0 Å². The first-order valence-electron chi connectivity index (χ1n) is 9.58. The second-order valence-electron chi connectivity index (χ2n) is 6.84. The van der Waals surface area contributed by atoms with Gasteiger partial charge in [0.05, 0.1) is 11.3 Å². The molecule has 0 aliphatic carbocycles. The Morgan fingerprint density at radius 3 is 2.55 bits per heavy atom. The second kappa shape index (κ2) is 9.00. The third kappa shape index (κ3) is 4.81. The largest absolute Gasteiger partial charge is 0.423 e. The summed E-state index contributed by atoms with van der Waals surface area (Å²) in [5.74, 6) is -0.476. The minimum atomic E-state index is -0.520. The number of nitrogens with zero attached hydrogens (tertiary/aromatic N) is 4. The van der Waals surface area contributed by atoms with Gasteiger partial charge in [0.15, 0.2) is 0 Å². The molecule has 0 unspecified atom stereocenters. The fourth-order valence-electron chi connectivity index (χ4n) is 3.06. The van der Waals surface area contributed by atoms with Gasteiger partial charge in [0.25, 0.3) is 5.91 Å². The monoisotopic (exact) mass is 413 g/mol. The van der Waals surface area contributed by atoms with Crippen molar-refractivity contribution in [2.24, 2.45) is 0 Å². The van der Waals surface area contributed by atoms with Crippen LogP contribution >= 0.6 is 0 Å². The van der Waals surface area contributed by atoms with Crippen LogP contribution in [0.1, 0.15) is 31.8 Å². The average Bonchev–Trinajstić information content (AvgIpc) is 3.33. The van der Waals surface area contributed by atoms with Crippen LogP contribution in [0, 0.1) is 6.92 Å². The number of hydrogen-bond acceptors (Lipinski definition) is 6. The van der Waals surface area contributed by atoms with Crippen molar-refractivity contribution < 1.29 is 14.3 Å². The fraction of sp³-hybridized carbons (Fsp3) is 0.0870. The van der Waals surface area contributed by atoms with Crippen LogP contribution in [0.25, 0.3) is 5.69 Å². The van der Waals surface area contributed by atoms with Gasteiger partial charge < -0.3 is 10.1 Å². The highest BCUT2D eigenvalue weighted by atomic mass is 16.5. The Labute approximate surface area is 178 Å². The number of carbonyl (C=O) groups excluding carboxylic acids is 2. The first kappa shape index (κ1) is 20.0. The number of esters is 1. The van der Waals surface area contributed by atoms with Crippen LogP contribution in [-0.4, -0.2) is 32.1 Å². The van der Waals surface area contributed by atoms with Gasteiger partial charge >= 0.3 is 5.97 Å². The number of benzene rings is 3. The van der Waals surface area contributed by atoms with Crippen molar-refractivity contribution >= 4 is 11.9 Å². The van der Waals surface area contributed by atoms with E-state index in [4.69, 9.17) is 4.74 Å². The van der Waals surface area contributed by atoms with Crippen LogP contribution in [0.3, 0.4) is 0 Å². The van der Waals surface area contributed by atoms with Crippen LogP contribution < -0.4 is 10.1 Å². The molecule has 31 heavy (non-hydrogen) atoms. The Morgan fingerprint density at radius 1 is 0.968 bits per heavy atom. The molecule has 1 N–H and O–H groups in total. The van der Waals surface area contributed by atoms with E-state index in [0.29, 0.717) is 23.4 Å². The van der Waals surface area contributed by atoms with Crippen LogP contribution in [0.5, 0.6) is 5.75 Å². The first-order chi connectivity index (χ1) is 15.1. The number of aromatic nitrogens is 4. The highest BCUT2D eigenvalue weighted by molar-refractivity contribution is 5.95. The normalized spacial score (nSPS) is 10.5. The standard InChI is InChI=1S/C23H19N5O3/c1-16-12-19(10-11-21(16)28-15-25-26-27-28)23(30)31-20-9-5-8-18(13-20)22(29)24-14-17-6-3-2-4-7-17/h2-13,15H,14H2,1H3,(H,24,29). The Balaban J connectivity index is 1.43. The van der Waals surface area contributed by atoms with Crippen LogP contribution in [0.2, 0.25) is 0 Å². The summed E-state index contributed by atoms with van der Waals surface area (Å²) in [5, 5.41) is 13.9. The quantitative estimate of drug-likeness (QED) is 0.385. The highest BCUT2D eigenvalue weighted by Gasteiger charge is 2.13. The molecule has 154 valence electrons. The van der Waals surface area contributed by atoms with Gasteiger partial charge in [-0.15, -0.1) is 5.10 Å². The fourth-order valence-corrected chi connectivity index (χ4v) is 3.06. The molecular weight excluding hydrogens is 394 g/mol. The summed E-state index contributed by atoms with van der Waals surface area (Å²) >= 11 is 0. The number of rotatable bonds is 6. The van der Waals surface area contributed by atoms with Gasteiger partial charge in [0, 0.05) is 12.1 Å². The maximum Gasteiger partial charge on any atom is 0.343 e. The maximum absolute atomic E-state index is 12.6. The molecule has 1 heterocycles. The van der Waals surface area contributed by atoms with Crippen molar-refractivity contribution in [2.75, 3.05) is 0 Å². The summed E-state index contributed by atoms with van der Waals surface area (Å²) in [4.78, 5) is 25.0. The van der Waals surface area contributed by atoms with Crippen molar-refractivity contribution in [3.63, 3.8) is 0 Å².